The van der Waals surface area contributed by atoms with Crippen LogP contribution in [0.2, 0.25) is 5.02 Å². The van der Waals surface area contributed by atoms with Gasteiger partial charge in [-0.2, -0.15) is 4.31 Å². The number of hydrogen-bond donors (Lipinski definition) is 1. The van der Waals surface area contributed by atoms with E-state index in [9.17, 15) is 13.2 Å². The second-order valence-electron chi connectivity index (χ2n) is 6.15. The number of ether oxygens (including phenoxy) is 1. The van der Waals surface area contributed by atoms with Crippen LogP contribution in [0.5, 0.6) is 5.75 Å². The van der Waals surface area contributed by atoms with Gasteiger partial charge in [0, 0.05) is 17.1 Å². The molecule has 1 amide bonds. The maximum Gasteiger partial charge on any atom is 0.235 e. The van der Waals surface area contributed by atoms with E-state index in [0.29, 0.717) is 16.3 Å². The van der Waals surface area contributed by atoms with Gasteiger partial charge in [0.25, 0.3) is 0 Å². The van der Waals surface area contributed by atoms with E-state index >= 15 is 0 Å². The summed E-state index contributed by atoms with van der Waals surface area (Å²) in [5, 5.41) is 3.27. The molecule has 0 aliphatic rings. The van der Waals surface area contributed by atoms with Gasteiger partial charge in [-0.25, -0.2) is 8.42 Å². The topological polar surface area (TPSA) is 75.7 Å². The molecule has 0 aliphatic carbocycles. The molecule has 0 fully saturated rings. The van der Waals surface area contributed by atoms with Crippen molar-refractivity contribution in [1.29, 1.82) is 0 Å². The first kappa shape index (κ1) is 21.2. The van der Waals surface area contributed by atoms with E-state index in [1.54, 1.807) is 37.4 Å². The predicted octanol–water partition coefficient (Wildman–Crippen LogP) is 2.99. The summed E-state index contributed by atoms with van der Waals surface area (Å²) in [7, 11) is -2.04. The fraction of sp³-hybridized carbons (Fsp3) is 0.316. The van der Waals surface area contributed by atoms with E-state index in [1.165, 1.54) is 0 Å². The molecule has 2 rings (SSSR count). The van der Waals surface area contributed by atoms with Crippen LogP contribution in [0.15, 0.2) is 48.5 Å². The van der Waals surface area contributed by atoms with Crippen molar-refractivity contribution in [1.82, 2.24) is 9.62 Å². The molecule has 0 aromatic heterocycles. The highest BCUT2D eigenvalue weighted by atomic mass is 35.5. The van der Waals surface area contributed by atoms with Crippen molar-refractivity contribution in [3.05, 3.63) is 64.7 Å². The molecule has 0 spiro atoms. The standard InChI is InChI=1S/C19H23ClN2O4S/c1-14(16-9-5-7-11-18(16)26-2)21-19(23)13-22(27(3,24)25)12-15-8-4-6-10-17(15)20/h4-11,14H,12-13H2,1-3H3,(H,21,23). The van der Waals surface area contributed by atoms with Crippen molar-refractivity contribution in [2.24, 2.45) is 0 Å². The van der Waals surface area contributed by atoms with E-state index in [4.69, 9.17) is 16.3 Å². The first-order chi connectivity index (χ1) is 12.7. The molecule has 0 heterocycles. The summed E-state index contributed by atoms with van der Waals surface area (Å²) in [4.78, 5) is 12.5. The highest BCUT2D eigenvalue weighted by Crippen LogP contribution is 2.24. The Labute approximate surface area is 165 Å². The fourth-order valence-corrected chi connectivity index (χ4v) is 3.58. The Morgan fingerprint density at radius 2 is 1.81 bits per heavy atom. The number of nitrogens with one attached hydrogen (secondary N) is 1. The molecule has 0 radical (unpaired) electrons. The molecule has 1 atom stereocenters. The molecule has 0 saturated heterocycles. The molecule has 2 aromatic carbocycles. The molecule has 0 saturated carbocycles. The third kappa shape index (κ3) is 5.95. The molecule has 0 bridgehead atoms. The minimum atomic E-state index is -3.60. The largest absolute Gasteiger partial charge is 0.496 e. The van der Waals surface area contributed by atoms with E-state index in [-0.39, 0.29) is 19.1 Å². The Hall–Kier alpha value is -2.09. The van der Waals surface area contributed by atoms with Gasteiger partial charge in [0.2, 0.25) is 15.9 Å². The van der Waals surface area contributed by atoms with Crippen LogP contribution in [0.25, 0.3) is 0 Å². The highest BCUT2D eigenvalue weighted by molar-refractivity contribution is 7.88. The maximum absolute atomic E-state index is 12.5. The zero-order valence-corrected chi connectivity index (χ0v) is 17.0. The summed E-state index contributed by atoms with van der Waals surface area (Å²) in [5.74, 6) is 0.243. The molecule has 8 heteroatoms. The minimum Gasteiger partial charge on any atom is -0.496 e. The normalized spacial score (nSPS) is 12.6. The molecule has 1 N–H and O–H groups in total. The van der Waals surface area contributed by atoms with Crippen LogP contribution in [0, 0.1) is 0 Å². The van der Waals surface area contributed by atoms with Gasteiger partial charge >= 0.3 is 0 Å². The first-order valence-electron chi connectivity index (χ1n) is 8.33. The smallest absolute Gasteiger partial charge is 0.235 e. The number of carbonyl (C=O) groups is 1. The molecular formula is C19H23ClN2O4S. The molecule has 0 aliphatic heterocycles. The molecule has 6 nitrogen and oxygen atoms in total. The van der Waals surface area contributed by atoms with Crippen molar-refractivity contribution in [3.63, 3.8) is 0 Å². The van der Waals surface area contributed by atoms with Crippen LogP contribution in [-0.4, -0.2) is 38.5 Å². The Morgan fingerprint density at radius 3 is 2.44 bits per heavy atom. The number of amides is 1. The number of para-hydroxylation sites is 1. The summed E-state index contributed by atoms with van der Waals surface area (Å²) in [5.41, 5.74) is 1.44. The Kier molecular flexibility index (Phi) is 7.24. The monoisotopic (exact) mass is 410 g/mol. The van der Waals surface area contributed by atoms with Gasteiger partial charge in [0.15, 0.2) is 0 Å². The molecule has 1 unspecified atom stereocenters. The summed E-state index contributed by atoms with van der Waals surface area (Å²) in [6, 6.07) is 13.9. The lowest BCUT2D eigenvalue weighted by atomic mass is 10.1. The first-order valence-corrected chi connectivity index (χ1v) is 10.6. The number of halogens is 1. The number of carbonyl (C=O) groups excluding carboxylic acids is 1. The lowest BCUT2D eigenvalue weighted by molar-refractivity contribution is -0.122. The predicted molar refractivity (Wildman–Crippen MR) is 106 cm³/mol. The van der Waals surface area contributed by atoms with Gasteiger partial charge in [-0.15, -0.1) is 0 Å². The number of methoxy groups -OCH3 is 1. The van der Waals surface area contributed by atoms with Gasteiger partial charge in [-0.3, -0.25) is 4.79 Å². The summed E-state index contributed by atoms with van der Waals surface area (Å²) in [6.45, 7) is 1.53. The average molecular weight is 411 g/mol. The molecular weight excluding hydrogens is 388 g/mol. The molecule has 2 aromatic rings. The Bertz CT molecular complexity index is 902. The number of benzene rings is 2. The van der Waals surface area contributed by atoms with Gasteiger partial charge in [-0.1, -0.05) is 48.0 Å². The minimum absolute atomic E-state index is 0.0228. The summed E-state index contributed by atoms with van der Waals surface area (Å²) < 4.78 is 30.6. The highest BCUT2D eigenvalue weighted by Gasteiger charge is 2.23. The van der Waals surface area contributed by atoms with Crippen LogP contribution < -0.4 is 10.1 Å². The molecule has 27 heavy (non-hydrogen) atoms. The van der Waals surface area contributed by atoms with Crippen molar-refractivity contribution in [2.75, 3.05) is 19.9 Å². The van der Waals surface area contributed by atoms with E-state index in [2.05, 4.69) is 5.32 Å². The van der Waals surface area contributed by atoms with Crippen molar-refractivity contribution in [3.8, 4) is 5.75 Å². The van der Waals surface area contributed by atoms with Crippen molar-refractivity contribution >= 4 is 27.5 Å². The van der Waals surface area contributed by atoms with Crippen LogP contribution in [0.4, 0.5) is 0 Å². The van der Waals surface area contributed by atoms with Crippen LogP contribution >= 0.6 is 11.6 Å². The van der Waals surface area contributed by atoms with E-state index < -0.39 is 15.9 Å². The van der Waals surface area contributed by atoms with Gasteiger partial charge in [0.1, 0.15) is 5.75 Å². The fourth-order valence-electron chi connectivity index (χ4n) is 2.66. The van der Waals surface area contributed by atoms with E-state index in [1.807, 2.05) is 25.1 Å². The summed E-state index contributed by atoms with van der Waals surface area (Å²) >= 11 is 6.12. The number of nitrogens with zero attached hydrogens (tertiary/aromatic N) is 1. The number of rotatable bonds is 8. The number of hydrogen-bond acceptors (Lipinski definition) is 4. The van der Waals surface area contributed by atoms with Gasteiger partial charge in [0.05, 0.1) is 26.0 Å². The maximum atomic E-state index is 12.5. The third-order valence-corrected chi connectivity index (χ3v) is 5.64. The zero-order chi connectivity index (χ0) is 20.0. The second-order valence-corrected chi connectivity index (χ2v) is 8.54. The Balaban J connectivity index is 2.11. The lowest BCUT2D eigenvalue weighted by Gasteiger charge is -2.22. The number of sulfonamides is 1. The van der Waals surface area contributed by atoms with Gasteiger partial charge in [-0.05, 0) is 24.6 Å². The average Bonchev–Trinajstić information content (AvgIpc) is 2.62. The Morgan fingerprint density at radius 1 is 1.19 bits per heavy atom. The van der Waals surface area contributed by atoms with Crippen molar-refractivity contribution in [2.45, 2.75) is 19.5 Å². The molecule has 146 valence electrons. The second kappa shape index (κ2) is 9.21. The van der Waals surface area contributed by atoms with Crippen LogP contribution in [0.3, 0.4) is 0 Å². The quantitative estimate of drug-likeness (QED) is 0.725. The van der Waals surface area contributed by atoms with Crippen molar-refractivity contribution < 1.29 is 17.9 Å². The van der Waals surface area contributed by atoms with E-state index in [0.717, 1.165) is 16.1 Å². The SMILES string of the molecule is COc1ccccc1C(C)NC(=O)CN(Cc1ccccc1Cl)S(C)(=O)=O. The summed E-state index contributed by atoms with van der Waals surface area (Å²) in [6.07, 6.45) is 1.07. The van der Waals surface area contributed by atoms with Crippen LogP contribution in [-0.2, 0) is 21.4 Å². The van der Waals surface area contributed by atoms with Gasteiger partial charge < -0.3 is 10.1 Å². The van der Waals surface area contributed by atoms with Crippen LogP contribution in [0.1, 0.15) is 24.1 Å². The zero-order valence-electron chi connectivity index (χ0n) is 15.5. The lowest BCUT2D eigenvalue weighted by Crippen LogP contribution is -2.40. The third-order valence-electron chi connectivity index (χ3n) is 4.08.